The second kappa shape index (κ2) is 4.80. The van der Waals surface area contributed by atoms with Gasteiger partial charge in [0.25, 0.3) is 0 Å². The SMILES string of the molecule is CCC(C)(C)O[Si](C)(C(C)C)C(C)C. The van der Waals surface area contributed by atoms with Crippen molar-refractivity contribution in [3.05, 3.63) is 0 Å². The first-order valence-corrected chi connectivity index (χ1v) is 8.42. The number of hydrogen-bond donors (Lipinski definition) is 0. The molecule has 0 unspecified atom stereocenters. The fourth-order valence-electron chi connectivity index (χ4n) is 1.57. The highest BCUT2D eigenvalue weighted by Gasteiger charge is 2.40. The van der Waals surface area contributed by atoms with Gasteiger partial charge in [0.2, 0.25) is 0 Å². The summed E-state index contributed by atoms with van der Waals surface area (Å²) in [6.45, 7) is 18.2. The van der Waals surface area contributed by atoms with Crippen LogP contribution in [0.1, 0.15) is 54.9 Å². The molecule has 0 radical (unpaired) electrons. The molecular weight excluding hydrogens is 188 g/mol. The van der Waals surface area contributed by atoms with Crippen LogP contribution in [-0.4, -0.2) is 13.9 Å². The molecule has 0 aromatic carbocycles. The second-order valence-electron chi connectivity index (χ2n) is 5.71. The van der Waals surface area contributed by atoms with Gasteiger partial charge in [0.05, 0.1) is 5.60 Å². The first-order valence-electron chi connectivity index (χ1n) is 5.86. The predicted octanol–water partition coefficient (Wildman–Crippen LogP) is 4.59. The molecule has 0 aromatic heterocycles. The molecule has 0 rings (SSSR count). The lowest BCUT2D eigenvalue weighted by molar-refractivity contribution is 0.0874. The van der Waals surface area contributed by atoms with Crippen molar-refractivity contribution in [3.63, 3.8) is 0 Å². The third kappa shape index (κ3) is 3.39. The maximum atomic E-state index is 6.44. The van der Waals surface area contributed by atoms with E-state index >= 15 is 0 Å². The summed E-state index contributed by atoms with van der Waals surface area (Å²) in [4.78, 5) is 0. The molecular formula is C12H28OSi. The molecule has 0 aliphatic rings. The Morgan fingerprint density at radius 3 is 1.64 bits per heavy atom. The molecule has 0 saturated carbocycles. The van der Waals surface area contributed by atoms with E-state index in [1.807, 2.05) is 0 Å². The van der Waals surface area contributed by atoms with Gasteiger partial charge in [-0.3, -0.25) is 0 Å². The molecule has 0 saturated heterocycles. The number of rotatable bonds is 5. The van der Waals surface area contributed by atoms with Gasteiger partial charge in [-0.1, -0.05) is 34.6 Å². The summed E-state index contributed by atoms with van der Waals surface area (Å²) in [5.74, 6) is 0. The highest BCUT2D eigenvalue weighted by Crippen LogP contribution is 2.37. The van der Waals surface area contributed by atoms with Crippen LogP contribution in [-0.2, 0) is 4.43 Å². The molecule has 0 aliphatic carbocycles. The molecule has 0 atom stereocenters. The lowest BCUT2D eigenvalue weighted by atomic mass is 10.1. The molecule has 0 aliphatic heterocycles. The highest BCUT2D eigenvalue weighted by atomic mass is 28.4. The van der Waals surface area contributed by atoms with Gasteiger partial charge in [-0.25, -0.2) is 0 Å². The molecule has 0 heterocycles. The van der Waals surface area contributed by atoms with Crippen LogP contribution in [0.15, 0.2) is 0 Å². The van der Waals surface area contributed by atoms with Crippen molar-refractivity contribution in [1.82, 2.24) is 0 Å². The number of hydrogen-bond acceptors (Lipinski definition) is 1. The van der Waals surface area contributed by atoms with Gasteiger partial charge in [0, 0.05) is 0 Å². The van der Waals surface area contributed by atoms with E-state index in [1.165, 1.54) is 0 Å². The Bertz CT molecular complexity index is 165. The zero-order chi connectivity index (χ0) is 11.6. The van der Waals surface area contributed by atoms with E-state index in [0.717, 1.165) is 6.42 Å². The Balaban J connectivity index is 4.70. The van der Waals surface area contributed by atoms with Gasteiger partial charge < -0.3 is 4.43 Å². The van der Waals surface area contributed by atoms with Gasteiger partial charge in [-0.15, -0.1) is 0 Å². The van der Waals surface area contributed by atoms with Crippen LogP contribution in [0, 0.1) is 0 Å². The van der Waals surface area contributed by atoms with E-state index in [1.54, 1.807) is 0 Å². The Labute approximate surface area is 91.4 Å². The third-order valence-corrected chi connectivity index (χ3v) is 9.22. The van der Waals surface area contributed by atoms with Crippen molar-refractivity contribution in [2.24, 2.45) is 0 Å². The van der Waals surface area contributed by atoms with Crippen LogP contribution < -0.4 is 0 Å². The first-order chi connectivity index (χ1) is 6.15. The van der Waals surface area contributed by atoms with E-state index in [0.29, 0.717) is 11.1 Å². The van der Waals surface area contributed by atoms with Crippen LogP contribution in [0.25, 0.3) is 0 Å². The average Bonchev–Trinajstić information content (AvgIpc) is 2.03. The van der Waals surface area contributed by atoms with Gasteiger partial charge >= 0.3 is 0 Å². The highest BCUT2D eigenvalue weighted by molar-refractivity contribution is 6.75. The van der Waals surface area contributed by atoms with Crippen LogP contribution in [0.5, 0.6) is 0 Å². The summed E-state index contributed by atoms with van der Waals surface area (Å²) in [7, 11) is -1.56. The molecule has 0 spiro atoms. The van der Waals surface area contributed by atoms with E-state index in [4.69, 9.17) is 4.43 Å². The smallest absolute Gasteiger partial charge is 0.195 e. The Morgan fingerprint density at radius 2 is 1.43 bits per heavy atom. The first kappa shape index (κ1) is 14.2. The summed E-state index contributed by atoms with van der Waals surface area (Å²) in [6, 6.07) is 0. The van der Waals surface area contributed by atoms with Crippen LogP contribution in [0.4, 0.5) is 0 Å². The Morgan fingerprint density at radius 1 is 1.07 bits per heavy atom. The summed E-state index contributed by atoms with van der Waals surface area (Å²) in [5, 5.41) is 0. The lowest BCUT2D eigenvalue weighted by Crippen LogP contribution is -2.47. The van der Waals surface area contributed by atoms with Crippen LogP contribution in [0.2, 0.25) is 17.6 Å². The average molecular weight is 216 g/mol. The van der Waals surface area contributed by atoms with E-state index in [-0.39, 0.29) is 5.60 Å². The fraction of sp³-hybridized carbons (Fsp3) is 1.00. The third-order valence-electron chi connectivity index (χ3n) is 3.64. The van der Waals surface area contributed by atoms with E-state index < -0.39 is 8.32 Å². The van der Waals surface area contributed by atoms with Crippen molar-refractivity contribution in [2.45, 2.75) is 78.1 Å². The minimum Gasteiger partial charge on any atom is -0.412 e. The Hall–Kier alpha value is 0.177. The minimum absolute atomic E-state index is 0.0511. The van der Waals surface area contributed by atoms with Gasteiger partial charge in [0.1, 0.15) is 0 Å². The molecule has 0 fully saturated rings. The summed E-state index contributed by atoms with van der Waals surface area (Å²) < 4.78 is 6.44. The molecule has 86 valence electrons. The monoisotopic (exact) mass is 216 g/mol. The van der Waals surface area contributed by atoms with E-state index in [9.17, 15) is 0 Å². The maximum Gasteiger partial charge on any atom is 0.195 e. The van der Waals surface area contributed by atoms with Crippen molar-refractivity contribution < 1.29 is 4.43 Å². The summed E-state index contributed by atoms with van der Waals surface area (Å²) in [5.41, 5.74) is 1.43. The zero-order valence-electron chi connectivity index (χ0n) is 11.3. The minimum atomic E-state index is -1.56. The molecule has 0 N–H and O–H groups in total. The maximum absolute atomic E-state index is 6.44. The quantitative estimate of drug-likeness (QED) is 0.611. The normalized spacial score (nSPS) is 14.1. The summed E-state index contributed by atoms with van der Waals surface area (Å²) >= 11 is 0. The van der Waals surface area contributed by atoms with E-state index in [2.05, 4.69) is 55.0 Å². The van der Waals surface area contributed by atoms with Gasteiger partial charge in [0.15, 0.2) is 8.32 Å². The Kier molecular flexibility index (Phi) is 4.86. The summed E-state index contributed by atoms with van der Waals surface area (Å²) in [6.07, 6.45) is 1.09. The second-order valence-corrected chi connectivity index (χ2v) is 10.6. The fourth-order valence-corrected chi connectivity index (χ4v) is 4.71. The molecule has 0 amide bonds. The van der Waals surface area contributed by atoms with Gasteiger partial charge in [-0.05, 0) is 37.9 Å². The van der Waals surface area contributed by atoms with Crippen molar-refractivity contribution in [1.29, 1.82) is 0 Å². The van der Waals surface area contributed by atoms with Gasteiger partial charge in [-0.2, -0.15) is 0 Å². The predicted molar refractivity (Wildman–Crippen MR) is 67.3 cm³/mol. The topological polar surface area (TPSA) is 9.23 Å². The molecule has 14 heavy (non-hydrogen) atoms. The van der Waals surface area contributed by atoms with Crippen LogP contribution >= 0.6 is 0 Å². The standard InChI is InChI=1S/C12H28OSi/c1-9-12(6,7)13-14(8,10(2)3)11(4)5/h10-11H,9H2,1-8H3. The zero-order valence-corrected chi connectivity index (χ0v) is 12.3. The molecule has 0 bridgehead atoms. The largest absolute Gasteiger partial charge is 0.412 e. The van der Waals surface area contributed by atoms with Crippen molar-refractivity contribution >= 4 is 8.32 Å². The van der Waals surface area contributed by atoms with Crippen molar-refractivity contribution in [2.75, 3.05) is 0 Å². The van der Waals surface area contributed by atoms with Crippen molar-refractivity contribution in [3.8, 4) is 0 Å². The lowest BCUT2D eigenvalue weighted by Gasteiger charge is -2.42. The molecule has 2 heteroatoms. The molecule has 0 aromatic rings. The molecule has 1 nitrogen and oxygen atoms in total. The van der Waals surface area contributed by atoms with Crippen LogP contribution in [0.3, 0.4) is 0 Å².